The van der Waals surface area contributed by atoms with Gasteiger partial charge in [-0.1, -0.05) is 0 Å². The van der Waals surface area contributed by atoms with Gasteiger partial charge in [-0.05, 0) is 33.1 Å². The van der Waals surface area contributed by atoms with Gasteiger partial charge in [0.1, 0.15) is 6.54 Å². The molecule has 0 atom stereocenters. The van der Waals surface area contributed by atoms with Crippen LogP contribution in [0.25, 0.3) is 0 Å². The second-order valence-corrected chi connectivity index (χ2v) is 6.42. The summed E-state index contributed by atoms with van der Waals surface area (Å²) >= 11 is 0. The van der Waals surface area contributed by atoms with Crippen LogP contribution in [0.15, 0.2) is 4.99 Å². The first kappa shape index (κ1) is 25.9. The summed E-state index contributed by atoms with van der Waals surface area (Å²) in [6, 6.07) is 0. The molecule has 1 rings (SSSR count). The molecular formula is C18H35IN4O4. The van der Waals surface area contributed by atoms with Crippen LogP contribution in [0.5, 0.6) is 0 Å². The lowest BCUT2D eigenvalue weighted by molar-refractivity contribution is -0.149. The van der Waals surface area contributed by atoms with Crippen molar-refractivity contribution in [2.45, 2.75) is 33.1 Å². The number of hydrogen-bond donors (Lipinski definition) is 1. The standard InChI is InChI=1S/C18H34N4O4.HI/c1-5-25-13-7-10-19-18(20-14-16(23)21(3)4)22-11-8-15(9-12-22)17(24)26-6-2;/h15H,5-14H2,1-4H3,(H,19,20);1H. The second-order valence-electron chi connectivity index (χ2n) is 6.42. The molecule has 1 saturated heterocycles. The SMILES string of the molecule is CCOCCCNC(=NCC(=O)N(C)C)N1CCC(C(=O)OCC)CC1.I. The van der Waals surface area contributed by atoms with Gasteiger partial charge in [0.2, 0.25) is 5.91 Å². The molecular weight excluding hydrogens is 463 g/mol. The molecule has 0 aromatic rings. The Morgan fingerprint density at radius 3 is 2.41 bits per heavy atom. The van der Waals surface area contributed by atoms with Crippen LogP contribution in [0.1, 0.15) is 33.1 Å². The molecule has 1 N–H and O–H groups in total. The summed E-state index contributed by atoms with van der Waals surface area (Å²) in [6.45, 7) is 7.89. The lowest BCUT2D eigenvalue weighted by Gasteiger charge is -2.33. The highest BCUT2D eigenvalue weighted by atomic mass is 127. The average molecular weight is 498 g/mol. The van der Waals surface area contributed by atoms with Crippen molar-refractivity contribution < 1.29 is 19.1 Å². The van der Waals surface area contributed by atoms with Crippen LogP contribution in [0.2, 0.25) is 0 Å². The van der Waals surface area contributed by atoms with Gasteiger partial charge in [0.05, 0.1) is 12.5 Å². The normalized spacial score (nSPS) is 15.1. The summed E-state index contributed by atoms with van der Waals surface area (Å²) in [7, 11) is 3.44. The van der Waals surface area contributed by atoms with Crippen LogP contribution in [0, 0.1) is 5.92 Å². The summed E-state index contributed by atoms with van der Waals surface area (Å²) < 4.78 is 10.5. The van der Waals surface area contributed by atoms with Crippen LogP contribution in [0.3, 0.4) is 0 Å². The Bertz CT molecular complexity index is 466. The summed E-state index contributed by atoms with van der Waals surface area (Å²) in [6.07, 6.45) is 2.34. The largest absolute Gasteiger partial charge is 0.466 e. The number of ether oxygens (including phenoxy) is 2. The summed E-state index contributed by atoms with van der Waals surface area (Å²) in [4.78, 5) is 31.9. The number of aliphatic imine (C=N–C) groups is 1. The summed E-state index contributed by atoms with van der Waals surface area (Å²) in [5.74, 6) is 0.519. The van der Waals surface area contributed by atoms with E-state index in [9.17, 15) is 9.59 Å². The fourth-order valence-electron chi connectivity index (χ4n) is 2.66. The number of halogens is 1. The van der Waals surface area contributed by atoms with E-state index in [-0.39, 0.29) is 48.3 Å². The fourth-order valence-corrected chi connectivity index (χ4v) is 2.66. The number of rotatable bonds is 9. The van der Waals surface area contributed by atoms with E-state index in [4.69, 9.17) is 9.47 Å². The highest BCUT2D eigenvalue weighted by molar-refractivity contribution is 14.0. The van der Waals surface area contributed by atoms with Crippen molar-refractivity contribution in [2.75, 3.05) is 60.1 Å². The highest BCUT2D eigenvalue weighted by Crippen LogP contribution is 2.18. The molecule has 158 valence electrons. The molecule has 0 spiro atoms. The first-order chi connectivity index (χ1) is 12.5. The highest BCUT2D eigenvalue weighted by Gasteiger charge is 2.27. The maximum absolute atomic E-state index is 11.9. The number of carbonyl (C=O) groups is 2. The molecule has 0 aliphatic carbocycles. The first-order valence-electron chi connectivity index (χ1n) is 9.47. The van der Waals surface area contributed by atoms with Crippen molar-refractivity contribution in [2.24, 2.45) is 10.9 Å². The predicted molar refractivity (Wildman–Crippen MR) is 116 cm³/mol. The Morgan fingerprint density at radius 1 is 1.19 bits per heavy atom. The third-order valence-electron chi connectivity index (χ3n) is 4.23. The topological polar surface area (TPSA) is 83.5 Å². The molecule has 1 amide bonds. The number of esters is 1. The van der Waals surface area contributed by atoms with Crippen LogP contribution in [-0.2, 0) is 19.1 Å². The van der Waals surface area contributed by atoms with Gasteiger partial charge in [0.15, 0.2) is 5.96 Å². The number of nitrogens with zero attached hydrogens (tertiary/aromatic N) is 3. The van der Waals surface area contributed by atoms with Crippen molar-refractivity contribution in [3.63, 3.8) is 0 Å². The molecule has 1 heterocycles. The van der Waals surface area contributed by atoms with Crippen molar-refractivity contribution >= 4 is 41.8 Å². The fraction of sp³-hybridized carbons (Fsp3) is 0.833. The zero-order valence-corrected chi connectivity index (χ0v) is 19.4. The Kier molecular flexibility index (Phi) is 14.3. The van der Waals surface area contributed by atoms with Crippen LogP contribution >= 0.6 is 24.0 Å². The van der Waals surface area contributed by atoms with Crippen molar-refractivity contribution in [3.05, 3.63) is 0 Å². The van der Waals surface area contributed by atoms with Crippen molar-refractivity contribution in [1.29, 1.82) is 0 Å². The van der Waals surface area contributed by atoms with Gasteiger partial charge in [-0.2, -0.15) is 0 Å². The van der Waals surface area contributed by atoms with Crippen LogP contribution < -0.4 is 5.32 Å². The van der Waals surface area contributed by atoms with E-state index in [1.807, 2.05) is 13.8 Å². The van der Waals surface area contributed by atoms with Gasteiger partial charge >= 0.3 is 5.97 Å². The number of amides is 1. The predicted octanol–water partition coefficient (Wildman–Crippen LogP) is 1.34. The molecule has 0 saturated carbocycles. The van der Waals surface area contributed by atoms with Crippen LogP contribution in [-0.4, -0.2) is 87.7 Å². The molecule has 8 nitrogen and oxygen atoms in total. The van der Waals surface area contributed by atoms with Gasteiger partial charge in [-0.25, -0.2) is 4.99 Å². The van der Waals surface area contributed by atoms with Crippen molar-refractivity contribution in [1.82, 2.24) is 15.1 Å². The van der Waals surface area contributed by atoms with Crippen molar-refractivity contribution in [3.8, 4) is 0 Å². The smallest absolute Gasteiger partial charge is 0.309 e. The van der Waals surface area contributed by atoms with E-state index in [1.165, 1.54) is 4.90 Å². The zero-order valence-electron chi connectivity index (χ0n) is 17.0. The third-order valence-corrected chi connectivity index (χ3v) is 4.23. The molecule has 0 aromatic carbocycles. The first-order valence-corrected chi connectivity index (χ1v) is 9.47. The maximum Gasteiger partial charge on any atom is 0.309 e. The number of piperidine rings is 1. The Balaban J connectivity index is 0.00000676. The minimum atomic E-state index is -0.113. The Hall–Kier alpha value is -1.10. The van der Waals surface area contributed by atoms with E-state index < -0.39 is 0 Å². The lowest BCUT2D eigenvalue weighted by atomic mass is 9.97. The molecule has 9 heteroatoms. The quantitative estimate of drug-likeness (QED) is 0.170. The van der Waals surface area contributed by atoms with E-state index in [0.29, 0.717) is 19.8 Å². The second kappa shape index (κ2) is 14.9. The molecule has 27 heavy (non-hydrogen) atoms. The number of carbonyl (C=O) groups excluding carboxylic acids is 2. The van der Waals surface area contributed by atoms with Gasteiger partial charge in [0, 0.05) is 46.9 Å². The summed E-state index contributed by atoms with van der Waals surface area (Å²) in [5.41, 5.74) is 0. The van der Waals surface area contributed by atoms with E-state index >= 15 is 0 Å². The number of likely N-dealkylation sites (N-methyl/N-ethyl adjacent to an activating group) is 1. The minimum absolute atomic E-state index is 0. The molecule has 0 aromatic heterocycles. The number of likely N-dealkylation sites (tertiary alicyclic amines) is 1. The number of guanidine groups is 1. The molecule has 0 bridgehead atoms. The van der Waals surface area contributed by atoms with Gasteiger partial charge in [-0.15, -0.1) is 24.0 Å². The lowest BCUT2D eigenvalue weighted by Crippen LogP contribution is -2.47. The van der Waals surface area contributed by atoms with Crippen LogP contribution in [0.4, 0.5) is 0 Å². The third kappa shape index (κ3) is 10.1. The van der Waals surface area contributed by atoms with E-state index in [2.05, 4.69) is 15.2 Å². The molecule has 1 fully saturated rings. The zero-order chi connectivity index (χ0) is 19.4. The van der Waals surface area contributed by atoms with Gasteiger partial charge in [-0.3, -0.25) is 9.59 Å². The molecule has 0 radical (unpaired) electrons. The monoisotopic (exact) mass is 498 g/mol. The number of hydrogen-bond acceptors (Lipinski definition) is 5. The Morgan fingerprint density at radius 2 is 1.85 bits per heavy atom. The molecule has 0 unspecified atom stereocenters. The van der Waals surface area contributed by atoms with E-state index in [1.54, 1.807) is 14.1 Å². The minimum Gasteiger partial charge on any atom is -0.466 e. The number of nitrogens with one attached hydrogen (secondary N) is 1. The molecule has 1 aliphatic rings. The van der Waals surface area contributed by atoms with Gasteiger partial charge in [0.25, 0.3) is 0 Å². The Labute approximate surface area is 180 Å². The summed E-state index contributed by atoms with van der Waals surface area (Å²) in [5, 5.41) is 3.32. The average Bonchev–Trinajstić information content (AvgIpc) is 2.64. The van der Waals surface area contributed by atoms with Gasteiger partial charge < -0.3 is 24.6 Å². The maximum atomic E-state index is 11.9. The molecule has 1 aliphatic heterocycles. The van der Waals surface area contributed by atoms with E-state index in [0.717, 1.165) is 44.9 Å².